The van der Waals surface area contributed by atoms with Gasteiger partial charge in [0.05, 0.1) is 36.4 Å². The number of hydrogen-bond acceptors (Lipinski definition) is 11. The van der Waals surface area contributed by atoms with Crippen LogP contribution in [-0.2, 0) is 17.6 Å². The zero-order valence-electron chi connectivity index (χ0n) is 29.4. The van der Waals surface area contributed by atoms with Gasteiger partial charge in [0.2, 0.25) is 6.79 Å². The number of hydrogen-bond donors (Lipinski definition) is 0. The van der Waals surface area contributed by atoms with Crippen molar-refractivity contribution in [2.45, 2.75) is 56.9 Å². The first-order valence-corrected chi connectivity index (χ1v) is 17.1. The summed E-state index contributed by atoms with van der Waals surface area (Å²) < 4.78 is 36.3. The van der Waals surface area contributed by atoms with Gasteiger partial charge >= 0.3 is 0 Å². The van der Waals surface area contributed by atoms with Crippen molar-refractivity contribution in [2.75, 3.05) is 48.0 Å². The van der Waals surface area contributed by atoms with Gasteiger partial charge < -0.3 is 28.4 Å². The van der Waals surface area contributed by atoms with Gasteiger partial charge in [-0.25, -0.2) is 0 Å². The molecule has 3 aromatic carbocycles. The Morgan fingerprint density at radius 2 is 1.71 bits per heavy atom. The Balaban J connectivity index is 1.37. The summed E-state index contributed by atoms with van der Waals surface area (Å²) in [5.74, 6) is 2.25. The summed E-state index contributed by atoms with van der Waals surface area (Å²) in [6, 6.07) is 9.60. The van der Waals surface area contributed by atoms with Crippen molar-refractivity contribution in [2.24, 2.45) is 0 Å². The molecule has 3 aromatic rings. The van der Waals surface area contributed by atoms with Crippen LogP contribution in [0.15, 0.2) is 43.0 Å². The number of nitriles is 1. The molecule has 2 amide bonds. The molecule has 12 nitrogen and oxygen atoms in total. The SMILES string of the molecule is C=CCOc1c(C)c2c(c3c1C[C@H]1[C@@H]4c5c(cc(C)c(OC)c5OCOC)C[C@@H]([C@H](C#N)N1[C@H]3CN1C(=O)c3ccccc3C1=O)N4C)OCO2. The van der Waals surface area contributed by atoms with Gasteiger partial charge in [-0.2, -0.15) is 5.26 Å². The second-order valence-corrected chi connectivity index (χ2v) is 13.6. The van der Waals surface area contributed by atoms with E-state index in [1.54, 1.807) is 44.6 Å². The number of carbonyl (C=O) groups is 2. The maximum Gasteiger partial charge on any atom is 0.261 e. The minimum Gasteiger partial charge on any atom is -0.493 e. The number of imide groups is 1. The van der Waals surface area contributed by atoms with Crippen LogP contribution < -0.4 is 23.7 Å². The number of aryl methyl sites for hydroxylation is 1. The van der Waals surface area contributed by atoms with Gasteiger partial charge in [-0.15, -0.1) is 0 Å². The predicted octanol–water partition coefficient (Wildman–Crippen LogP) is 4.66. The first-order chi connectivity index (χ1) is 24.7. The number of rotatable bonds is 9. The minimum atomic E-state index is -0.635. The first kappa shape index (κ1) is 33.1. The van der Waals surface area contributed by atoms with E-state index in [1.165, 1.54) is 4.90 Å². The van der Waals surface area contributed by atoms with Gasteiger partial charge in [-0.3, -0.25) is 24.3 Å². The number of ether oxygens (including phenoxy) is 6. The molecule has 0 aliphatic carbocycles. The highest BCUT2D eigenvalue weighted by Crippen LogP contribution is 2.59. The molecule has 0 radical (unpaired) electrons. The molecule has 51 heavy (non-hydrogen) atoms. The first-order valence-electron chi connectivity index (χ1n) is 17.1. The van der Waals surface area contributed by atoms with E-state index in [9.17, 15) is 14.9 Å². The van der Waals surface area contributed by atoms with Crippen molar-refractivity contribution in [3.05, 3.63) is 87.5 Å². The van der Waals surface area contributed by atoms with E-state index in [4.69, 9.17) is 28.4 Å². The van der Waals surface area contributed by atoms with E-state index in [0.29, 0.717) is 52.7 Å². The van der Waals surface area contributed by atoms with Gasteiger partial charge in [0.25, 0.3) is 11.8 Å². The van der Waals surface area contributed by atoms with E-state index in [-0.39, 0.29) is 56.7 Å². The summed E-state index contributed by atoms with van der Waals surface area (Å²) >= 11 is 0. The molecule has 0 unspecified atom stereocenters. The molecule has 1 fully saturated rings. The highest BCUT2D eigenvalue weighted by molar-refractivity contribution is 6.21. The number of piperazine rings is 1. The normalized spacial score (nSPS) is 24.3. The van der Waals surface area contributed by atoms with Crippen molar-refractivity contribution in [3.8, 4) is 34.8 Å². The van der Waals surface area contributed by atoms with E-state index in [1.807, 2.05) is 13.8 Å². The quantitative estimate of drug-likeness (QED) is 0.177. The predicted molar refractivity (Wildman–Crippen MR) is 185 cm³/mol. The third kappa shape index (κ3) is 4.75. The maximum atomic E-state index is 13.9. The summed E-state index contributed by atoms with van der Waals surface area (Å²) in [6.45, 7) is 8.10. The van der Waals surface area contributed by atoms with Crippen LogP contribution in [0.3, 0.4) is 0 Å². The molecule has 0 spiro atoms. The number of amides is 2. The number of likely N-dealkylation sites (N-methyl/N-ethyl adjacent to an activating group) is 1. The molecule has 2 bridgehead atoms. The molecule has 0 saturated carbocycles. The van der Waals surface area contributed by atoms with Crippen LogP contribution in [0.5, 0.6) is 28.7 Å². The number of benzene rings is 3. The lowest BCUT2D eigenvalue weighted by Crippen LogP contribution is -2.69. The lowest BCUT2D eigenvalue weighted by Gasteiger charge is -2.60. The van der Waals surface area contributed by atoms with Gasteiger partial charge in [-0.05, 0) is 57.0 Å². The van der Waals surface area contributed by atoms with Crippen LogP contribution in [0, 0.1) is 25.2 Å². The van der Waals surface area contributed by atoms with Crippen molar-refractivity contribution in [1.82, 2.24) is 14.7 Å². The van der Waals surface area contributed by atoms with Crippen LogP contribution in [0.2, 0.25) is 0 Å². The van der Waals surface area contributed by atoms with E-state index in [0.717, 1.165) is 33.4 Å². The Labute approximate surface area is 296 Å². The lowest BCUT2D eigenvalue weighted by atomic mass is 9.71. The largest absolute Gasteiger partial charge is 0.493 e. The molecule has 1 saturated heterocycles. The van der Waals surface area contributed by atoms with Crippen LogP contribution in [0.4, 0.5) is 0 Å². The standard InChI is InChI=1S/C39H40N4O8/c1-7-12-48-34-21(3)35-37(51-19-50-35)31-25(34)15-27-32-30-22(13-20(2)33(47-6)36(30)49-18-46-5)14-26(41(32)4)28(16-40)43(27)29(31)17-42-38(44)23-10-8-9-11-24(23)39(42)45/h7-11,13,26-29,32H,1,12,14-15,17-19H2,2-6H3/t26-,27-,28-,29-,32+/m0/s1. The van der Waals surface area contributed by atoms with Gasteiger partial charge in [0.1, 0.15) is 18.4 Å². The Hall–Kier alpha value is -5.09. The fourth-order valence-corrected chi connectivity index (χ4v) is 9.16. The molecule has 0 aromatic heterocycles. The highest BCUT2D eigenvalue weighted by atomic mass is 16.7. The average Bonchev–Trinajstić information content (AvgIpc) is 3.71. The van der Waals surface area contributed by atoms with Gasteiger partial charge in [0, 0.05) is 48.0 Å². The number of methoxy groups -OCH3 is 2. The second-order valence-electron chi connectivity index (χ2n) is 13.6. The molecule has 0 N–H and O–H groups in total. The van der Waals surface area contributed by atoms with Crippen LogP contribution >= 0.6 is 0 Å². The highest BCUT2D eigenvalue weighted by Gasteiger charge is 2.57. The lowest BCUT2D eigenvalue weighted by molar-refractivity contribution is -0.0766. The average molecular weight is 693 g/mol. The van der Waals surface area contributed by atoms with Crippen molar-refractivity contribution in [3.63, 3.8) is 0 Å². The molecular weight excluding hydrogens is 652 g/mol. The molecule has 5 aliphatic heterocycles. The fourth-order valence-electron chi connectivity index (χ4n) is 9.16. The van der Waals surface area contributed by atoms with Crippen LogP contribution in [0.25, 0.3) is 0 Å². The van der Waals surface area contributed by atoms with Crippen molar-refractivity contribution in [1.29, 1.82) is 5.26 Å². The Morgan fingerprint density at radius 3 is 2.37 bits per heavy atom. The number of fused-ring (bicyclic) bond motifs is 10. The second kappa shape index (κ2) is 12.6. The van der Waals surface area contributed by atoms with E-state index in [2.05, 4.69) is 35.6 Å². The minimum absolute atomic E-state index is 0.00590. The van der Waals surface area contributed by atoms with Crippen LogP contribution in [-0.4, -0.2) is 92.6 Å². The molecule has 8 rings (SSSR count). The zero-order chi connectivity index (χ0) is 35.7. The zero-order valence-corrected chi connectivity index (χ0v) is 29.4. The Kier molecular flexibility index (Phi) is 8.17. The molecule has 5 atom stereocenters. The Morgan fingerprint density at radius 1 is 0.980 bits per heavy atom. The topological polar surface area (TPSA) is 123 Å². The van der Waals surface area contributed by atoms with Crippen molar-refractivity contribution >= 4 is 11.8 Å². The smallest absolute Gasteiger partial charge is 0.261 e. The molecule has 5 aliphatic rings. The fraction of sp³-hybridized carbons (Fsp3) is 0.410. The summed E-state index contributed by atoms with van der Waals surface area (Å²) in [5, 5.41) is 11.1. The van der Waals surface area contributed by atoms with E-state index < -0.39 is 12.1 Å². The van der Waals surface area contributed by atoms with Crippen LogP contribution in [0.1, 0.15) is 66.2 Å². The van der Waals surface area contributed by atoms with E-state index >= 15 is 0 Å². The van der Waals surface area contributed by atoms with Crippen molar-refractivity contribution < 1.29 is 38.0 Å². The molecule has 12 heteroatoms. The third-order valence-corrected chi connectivity index (χ3v) is 11.1. The molecule has 264 valence electrons. The van der Waals surface area contributed by atoms with Gasteiger partial charge in [-0.1, -0.05) is 30.9 Å². The Bertz CT molecular complexity index is 1990. The maximum absolute atomic E-state index is 13.9. The number of nitrogens with zero attached hydrogens (tertiary/aromatic N) is 4. The summed E-state index contributed by atoms with van der Waals surface area (Å²) in [5.41, 5.74) is 6.14. The third-order valence-electron chi connectivity index (χ3n) is 11.1. The van der Waals surface area contributed by atoms with Gasteiger partial charge in [0.15, 0.2) is 29.8 Å². The summed E-state index contributed by atoms with van der Waals surface area (Å²) in [4.78, 5) is 33.7. The molecular formula is C39H40N4O8. The summed E-state index contributed by atoms with van der Waals surface area (Å²) in [6.07, 6.45) is 2.74. The molecule has 5 heterocycles. The number of carbonyl (C=O) groups excluding carboxylic acids is 2. The monoisotopic (exact) mass is 692 g/mol. The summed E-state index contributed by atoms with van der Waals surface area (Å²) in [7, 11) is 5.27.